The van der Waals surface area contributed by atoms with Gasteiger partial charge in [0.25, 0.3) is 0 Å². The lowest BCUT2D eigenvalue weighted by Gasteiger charge is -2.18. The second kappa shape index (κ2) is 3.84. The predicted molar refractivity (Wildman–Crippen MR) is 65.1 cm³/mol. The third-order valence-corrected chi connectivity index (χ3v) is 5.34. The number of carboxylic acids is 1. The summed E-state index contributed by atoms with van der Waals surface area (Å²) in [5.74, 6) is -1.40. The highest BCUT2D eigenvalue weighted by molar-refractivity contribution is 7.93. The van der Waals surface area contributed by atoms with Crippen LogP contribution in [0, 0.1) is 0 Å². The first-order valence-electron chi connectivity index (χ1n) is 5.23. The van der Waals surface area contributed by atoms with Gasteiger partial charge in [-0.25, -0.2) is 8.42 Å². The normalized spacial score (nSPS) is 12.8. The number of carbonyl (C=O) groups is 1. The van der Waals surface area contributed by atoms with Gasteiger partial charge >= 0.3 is 5.97 Å². The Hall–Kier alpha value is -1.82. The second-order valence-electron chi connectivity index (χ2n) is 4.42. The topological polar surface area (TPSA) is 84.6 Å². The summed E-state index contributed by atoms with van der Waals surface area (Å²) < 4.78 is 27.9. The summed E-state index contributed by atoms with van der Waals surface area (Å²) in [6.45, 7) is 2.32. The highest BCUT2D eigenvalue weighted by Gasteiger charge is 2.44. The molecule has 2 rings (SSSR count). The first kappa shape index (κ1) is 12.6. The monoisotopic (exact) mass is 268 g/mol. The van der Waals surface area contributed by atoms with E-state index in [0.717, 1.165) is 20.1 Å². The van der Waals surface area contributed by atoms with Gasteiger partial charge < -0.3 is 9.52 Å². The molecule has 1 aromatic heterocycles. The highest BCUT2D eigenvalue weighted by Crippen LogP contribution is 2.32. The molecule has 18 heavy (non-hydrogen) atoms. The molecule has 0 amide bonds. The molecule has 0 atom stereocenters. The summed E-state index contributed by atoms with van der Waals surface area (Å²) in [7, 11) is -4.01. The molecule has 1 N–H and O–H groups in total. The number of hydrogen-bond acceptors (Lipinski definition) is 4. The van der Waals surface area contributed by atoms with Gasteiger partial charge in [0, 0.05) is 5.39 Å². The molecule has 1 aromatic carbocycles. The molecule has 0 aliphatic heterocycles. The quantitative estimate of drug-likeness (QED) is 0.921. The molecule has 1 heterocycles. The van der Waals surface area contributed by atoms with E-state index < -0.39 is 20.6 Å². The maximum absolute atomic E-state index is 12.3. The van der Waals surface area contributed by atoms with Crippen molar-refractivity contribution >= 4 is 26.8 Å². The summed E-state index contributed by atoms with van der Waals surface area (Å²) in [5, 5.41) is 9.43. The summed E-state index contributed by atoms with van der Waals surface area (Å²) in [6.07, 6.45) is 1.09. The van der Waals surface area contributed by atoms with E-state index in [9.17, 15) is 13.2 Å². The fraction of sp³-hybridized carbons (Fsp3) is 0.250. The first-order valence-corrected chi connectivity index (χ1v) is 6.71. The Morgan fingerprint density at radius 2 is 1.89 bits per heavy atom. The molecule has 0 spiro atoms. The Bertz CT molecular complexity index is 709. The van der Waals surface area contributed by atoms with Crippen molar-refractivity contribution in [2.45, 2.75) is 23.5 Å². The molecule has 2 aromatic rings. The summed E-state index contributed by atoms with van der Waals surface area (Å²) in [6, 6.07) is 6.60. The fourth-order valence-electron chi connectivity index (χ4n) is 1.55. The fourth-order valence-corrected chi connectivity index (χ4v) is 2.96. The maximum atomic E-state index is 12.3. The van der Waals surface area contributed by atoms with Crippen molar-refractivity contribution in [3.05, 3.63) is 30.5 Å². The number of fused-ring (bicyclic) bond motifs is 1. The second-order valence-corrected chi connectivity index (χ2v) is 6.88. The molecule has 0 aliphatic rings. The number of rotatable bonds is 3. The van der Waals surface area contributed by atoms with Crippen LogP contribution < -0.4 is 0 Å². The number of aliphatic carboxylic acids is 1. The molecule has 0 bridgehead atoms. The summed E-state index contributed by atoms with van der Waals surface area (Å²) in [5.41, 5.74) is 0.414. The van der Waals surface area contributed by atoms with Crippen molar-refractivity contribution in [2.24, 2.45) is 0 Å². The van der Waals surface area contributed by atoms with Crippen molar-refractivity contribution in [3.63, 3.8) is 0 Å². The molecular weight excluding hydrogens is 256 g/mol. The van der Waals surface area contributed by atoms with E-state index in [-0.39, 0.29) is 4.90 Å². The van der Waals surface area contributed by atoms with Gasteiger partial charge in [0.1, 0.15) is 16.7 Å². The molecule has 0 aliphatic carbocycles. The van der Waals surface area contributed by atoms with Crippen molar-refractivity contribution in [3.8, 4) is 0 Å². The van der Waals surface area contributed by atoms with Gasteiger partial charge in [0.15, 0.2) is 14.6 Å². The Morgan fingerprint density at radius 1 is 1.28 bits per heavy atom. The number of carboxylic acid groups (broad SMARTS) is 1. The van der Waals surface area contributed by atoms with Crippen molar-refractivity contribution < 1.29 is 22.7 Å². The van der Waals surface area contributed by atoms with E-state index in [1.54, 1.807) is 24.3 Å². The van der Waals surface area contributed by atoms with Gasteiger partial charge in [-0.05, 0) is 26.0 Å². The van der Waals surface area contributed by atoms with E-state index in [1.165, 1.54) is 0 Å². The van der Waals surface area contributed by atoms with Gasteiger partial charge in [0.05, 0.1) is 0 Å². The first-order chi connectivity index (χ1) is 8.28. The summed E-state index contributed by atoms with van der Waals surface area (Å²) >= 11 is 0. The molecule has 5 nitrogen and oxygen atoms in total. The van der Waals surface area contributed by atoms with Gasteiger partial charge in [-0.2, -0.15) is 0 Å². The minimum absolute atomic E-state index is 0.0921. The third kappa shape index (κ3) is 1.60. The smallest absolute Gasteiger partial charge is 0.324 e. The maximum Gasteiger partial charge on any atom is 0.324 e. The number of furan rings is 1. The lowest BCUT2D eigenvalue weighted by atomic mass is 10.2. The Labute approximate surface area is 104 Å². The van der Waals surface area contributed by atoms with Crippen LogP contribution in [0.3, 0.4) is 0 Å². The number of benzene rings is 1. The minimum Gasteiger partial charge on any atom is -0.480 e. The van der Waals surface area contributed by atoms with Crippen LogP contribution in [0.5, 0.6) is 0 Å². The van der Waals surface area contributed by atoms with Gasteiger partial charge in [-0.3, -0.25) is 4.79 Å². The lowest BCUT2D eigenvalue weighted by Crippen LogP contribution is -2.40. The average molecular weight is 268 g/mol. The van der Waals surface area contributed by atoms with Crippen LogP contribution in [0.15, 0.2) is 39.8 Å². The van der Waals surface area contributed by atoms with Crippen LogP contribution in [-0.4, -0.2) is 24.2 Å². The van der Waals surface area contributed by atoms with E-state index in [2.05, 4.69) is 0 Å². The zero-order valence-corrected chi connectivity index (χ0v) is 10.7. The number of sulfone groups is 1. The van der Waals surface area contributed by atoms with Crippen LogP contribution in [0.2, 0.25) is 0 Å². The van der Waals surface area contributed by atoms with Crippen LogP contribution in [0.4, 0.5) is 0 Å². The van der Waals surface area contributed by atoms with Crippen molar-refractivity contribution in [1.82, 2.24) is 0 Å². The SMILES string of the molecule is CC(C)(C(=O)O)S(=O)(=O)c1coc2ccccc12. The zero-order chi connectivity index (χ0) is 13.6. The molecule has 96 valence electrons. The van der Waals surface area contributed by atoms with Crippen LogP contribution in [0.25, 0.3) is 11.0 Å². The van der Waals surface area contributed by atoms with E-state index >= 15 is 0 Å². The zero-order valence-electron chi connectivity index (χ0n) is 9.88. The van der Waals surface area contributed by atoms with Gasteiger partial charge in [-0.15, -0.1) is 0 Å². The van der Waals surface area contributed by atoms with E-state index in [4.69, 9.17) is 9.52 Å². The van der Waals surface area contributed by atoms with Gasteiger partial charge in [-0.1, -0.05) is 12.1 Å². The largest absolute Gasteiger partial charge is 0.480 e. The summed E-state index contributed by atoms with van der Waals surface area (Å²) in [4.78, 5) is 11.0. The number of hydrogen-bond donors (Lipinski definition) is 1. The molecule has 0 radical (unpaired) electrons. The Kier molecular flexibility index (Phi) is 2.70. The highest BCUT2D eigenvalue weighted by atomic mass is 32.2. The Balaban J connectivity index is 2.72. The standard InChI is InChI=1S/C12H12O5S/c1-12(2,11(13)14)18(15,16)10-7-17-9-6-4-3-5-8(9)10/h3-7H,1-2H3,(H,13,14). The molecular formula is C12H12O5S. The van der Waals surface area contributed by atoms with E-state index in [0.29, 0.717) is 11.0 Å². The predicted octanol–water partition coefficient (Wildman–Crippen LogP) is 2.07. The Morgan fingerprint density at radius 3 is 2.50 bits per heavy atom. The van der Waals surface area contributed by atoms with Crippen LogP contribution in [-0.2, 0) is 14.6 Å². The van der Waals surface area contributed by atoms with Crippen LogP contribution >= 0.6 is 0 Å². The number of para-hydroxylation sites is 1. The molecule has 0 fully saturated rings. The lowest BCUT2D eigenvalue weighted by molar-refractivity contribution is -0.139. The molecule has 0 unspecified atom stereocenters. The van der Waals surface area contributed by atoms with Crippen molar-refractivity contribution in [1.29, 1.82) is 0 Å². The molecule has 0 saturated carbocycles. The molecule has 0 saturated heterocycles. The van der Waals surface area contributed by atoms with Crippen LogP contribution in [0.1, 0.15) is 13.8 Å². The third-order valence-electron chi connectivity index (χ3n) is 2.92. The van der Waals surface area contributed by atoms with Gasteiger partial charge in [0.2, 0.25) is 0 Å². The average Bonchev–Trinajstić information content (AvgIpc) is 2.72. The molecule has 6 heteroatoms. The minimum atomic E-state index is -4.01. The van der Waals surface area contributed by atoms with E-state index in [1.807, 2.05) is 0 Å². The van der Waals surface area contributed by atoms with Crippen molar-refractivity contribution in [2.75, 3.05) is 0 Å².